The smallest absolute Gasteiger partial charge is 0.549 e. The molecule has 1 aliphatic heterocycles. The van der Waals surface area contributed by atoms with E-state index in [0.29, 0.717) is 0 Å². The molecule has 0 radical (unpaired) electrons. The van der Waals surface area contributed by atoms with E-state index in [2.05, 4.69) is 0 Å². The van der Waals surface area contributed by atoms with Gasteiger partial charge in [0, 0.05) is 19.5 Å². The molecule has 0 unspecified atom stereocenters. The van der Waals surface area contributed by atoms with Gasteiger partial charge < -0.3 is 9.90 Å². The minimum atomic E-state index is -2.71. The van der Waals surface area contributed by atoms with Gasteiger partial charge in [0.05, 0.1) is 12.5 Å². The average molecular weight is 171 g/mol. The molecule has 1 saturated heterocycles. The number of halogens is 2. The summed E-state index contributed by atoms with van der Waals surface area (Å²) in [5, 5.41) is 9.97. The van der Waals surface area contributed by atoms with E-state index < -0.39 is 25.0 Å². The van der Waals surface area contributed by atoms with Crippen LogP contribution in [0.15, 0.2) is 0 Å². The van der Waals surface area contributed by atoms with Crippen LogP contribution in [0.25, 0.3) is 0 Å². The van der Waals surface area contributed by atoms with Crippen LogP contribution < -0.4 is 24.0 Å². The van der Waals surface area contributed by atoms with Crippen LogP contribution in [0.5, 0.6) is 0 Å². The van der Waals surface area contributed by atoms with Gasteiger partial charge in [0.25, 0.3) is 5.92 Å². The summed E-state index contributed by atoms with van der Waals surface area (Å²) < 4.78 is 24.8. The van der Waals surface area contributed by atoms with Crippen LogP contribution in [-0.4, -0.2) is 36.4 Å². The topological polar surface area (TPSA) is 43.4 Å². The number of nitrogens with zero attached hydrogens (tertiary/aromatic N) is 1. The van der Waals surface area contributed by atoms with Crippen molar-refractivity contribution in [1.29, 1.82) is 0 Å². The molecule has 0 N–H and O–H groups in total. The minimum absolute atomic E-state index is 0. The molecule has 0 aromatic carbocycles. The van der Waals surface area contributed by atoms with Gasteiger partial charge in [-0.15, -0.1) is 0 Å². The molecule has 12 heavy (non-hydrogen) atoms. The van der Waals surface area contributed by atoms with E-state index >= 15 is 0 Å². The summed E-state index contributed by atoms with van der Waals surface area (Å²) in [7, 11) is 0. The first-order valence-corrected chi connectivity index (χ1v) is 3.30. The second-order valence-electron chi connectivity index (χ2n) is 2.69. The fraction of sp³-hybridized carbons (Fsp3) is 0.833. The number of hydrogen-bond acceptors (Lipinski definition) is 3. The largest absolute Gasteiger partial charge is 1.00 e. The maximum Gasteiger partial charge on any atom is 1.00 e. The molecule has 3 nitrogen and oxygen atoms in total. The van der Waals surface area contributed by atoms with Gasteiger partial charge in [-0.05, 0) is 0 Å². The number of carboxylic acid groups (broad SMARTS) is 1. The van der Waals surface area contributed by atoms with Crippen LogP contribution in [0.3, 0.4) is 0 Å². The molecule has 1 aliphatic rings. The van der Waals surface area contributed by atoms with Crippen molar-refractivity contribution in [2.24, 2.45) is 0 Å². The first-order valence-electron chi connectivity index (χ1n) is 3.30. The van der Waals surface area contributed by atoms with Gasteiger partial charge in [-0.2, -0.15) is 0 Å². The third kappa shape index (κ3) is 3.52. The maximum absolute atomic E-state index is 12.4. The molecule has 0 bridgehead atoms. The SMILES string of the molecule is O=C([O-])CN1CCC(F)(F)C1.[Li+]. The Morgan fingerprint density at radius 3 is 2.50 bits per heavy atom. The number of carboxylic acids is 1. The zero-order valence-corrected chi connectivity index (χ0v) is 6.85. The number of rotatable bonds is 2. The normalized spacial score (nSPS) is 21.8. The zero-order valence-electron chi connectivity index (χ0n) is 6.85. The van der Waals surface area contributed by atoms with Crippen LogP contribution in [0.2, 0.25) is 0 Å². The summed E-state index contributed by atoms with van der Waals surface area (Å²) in [6, 6.07) is 0. The maximum atomic E-state index is 12.4. The van der Waals surface area contributed by atoms with Crippen molar-refractivity contribution in [3.05, 3.63) is 0 Å². The molecule has 0 atom stereocenters. The third-order valence-corrected chi connectivity index (χ3v) is 1.60. The van der Waals surface area contributed by atoms with Gasteiger partial charge in [0.1, 0.15) is 0 Å². The Balaban J connectivity index is 0.00000121. The van der Waals surface area contributed by atoms with Gasteiger partial charge in [-0.1, -0.05) is 0 Å². The Morgan fingerprint density at radius 2 is 2.17 bits per heavy atom. The van der Waals surface area contributed by atoms with Crippen molar-refractivity contribution in [2.75, 3.05) is 19.6 Å². The first kappa shape index (κ1) is 11.9. The van der Waals surface area contributed by atoms with Crippen LogP contribution in [0.1, 0.15) is 6.42 Å². The van der Waals surface area contributed by atoms with Gasteiger partial charge >= 0.3 is 18.9 Å². The number of carbonyl (C=O) groups is 1. The Kier molecular flexibility index (Phi) is 4.18. The molecule has 1 rings (SSSR count). The Morgan fingerprint density at radius 1 is 1.58 bits per heavy atom. The predicted octanol–water partition coefficient (Wildman–Crippen LogP) is -3.92. The van der Waals surface area contributed by atoms with Crippen LogP contribution in [-0.2, 0) is 4.79 Å². The molecule has 0 saturated carbocycles. The monoisotopic (exact) mass is 171 g/mol. The summed E-state index contributed by atoms with van der Waals surface area (Å²) in [6.45, 7) is -0.711. The van der Waals surface area contributed by atoms with E-state index in [1.807, 2.05) is 0 Å². The fourth-order valence-corrected chi connectivity index (χ4v) is 1.12. The molecule has 6 heteroatoms. The molecule has 0 aliphatic carbocycles. The number of carbonyl (C=O) groups excluding carboxylic acids is 1. The molecule has 0 amide bonds. The summed E-state index contributed by atoms with van der Waals surface area (Å²) in [6.07, 6.45) is -0.250. The quantitative estimate of drug-likeness (QED) is 0.399. The number of likely N-dealkylation sites (tertiary alicyclic amines) is 1. The van der Waals surface area contributed by atoms with Crippen LogP contribution in [0, 0.1) is 0 Å². The van der Waals surface area contributed by atoms with E-state index in [-0.39, 0.29) is 31.8 Å². The van der Waals surface area contributed by atoms with Gasteiger partial charge in [-0.25, -0.2) is 8.78 Å². The van der Waals surface area contributed by atoms with Crippen molar-refractivity contribution in [1.82, 2.24) is 4.90 Å². The first-order chi connectivity index (χ1) is 4.99. The van der Waals surface area contributed by atoms with E-state index in [1.54, 1.807) is 0 Å². The predicted molar refractivity (Wildman–Crippen MR) is 31.0 cm³/mol. The molecule has 0 aromatic heterocycles. The minimum Gasteiger partial charge on any atom is -0.549 e. The van der Waals surface area contributed by atoms with E-state index in [1.165, 1.54) is 4.90 Å². The number of aliphatic carboxylic acids is 1. The van der Waals surface area contributed by atoms with Crippen molar-refractivity contribution < 1.29 is 37.5 Å². The molecule has 1 heterocycles. The zero-order chi connectivity index (χ0) is 8.48. The van der Waals surface area contributed by atoms with Gasteiger partial charge in [0.2, 0.25) is 0 Å². The third-order valence-electron chi connectivity index (χ3n) is 1.60. The Labute approximate surface area is 80.9 Å². The van der Waals surface area contributed by atoms with Gasteiger partial charge in [-0.3, -0.25) is 4.90 Å². The summed E-state index contributed by atoms with van der Waals surface area (Å²) in [4.78, 5) is 11.1. The van der Waals surface area contributed by atoms with Crippen molar-refractivity contribution in [3.63, 3.8) is 0 Å². The van der Waals surface area contributed by atoms with E-state index in [4.69, 9.17) is 0 Å². The molecular formula is C6H8F2LiNO2. The fourth-order valence-electron chi connectivity index (χ4n) is 1.12. The van der Waals surface area contributed by atoms with Crippen LogP contribution >= 0.6 is 0 Å². The standard InChI is InChI=1S/C6H9F2NO2.Li/c7-6(8)1-2-9(4-6)3-5(10)11;/h1-4H2,(H,10,11);/q;+1/p-1. The molecule has 64 valence electrons. The Hall–Kier alpha value is -0.113. The second-order valence-corrected chi connectivity index (χ2v) is 2.69. The molecule has 0 spiro atoms. The molecule has 0 aromatic rings. The van der Waals surface area contributed by atoms with Crippen molar-refractivity contribution >= 4 is 5.97 Å². The summed E-state index contributed by atoms with van der Waals surface area (Å²) in [5.74, 6) is -4.02. The molecular weight excluding hydrogens is 163 g/mol. The Bertz CT molecular complexity index is 177. The van der Waals surface area contributed by atoms with E-state index in [9.17, 15) is 18.7 Å². The van der Waals surface area contributed by atoms with Crippen LogP contribution in [0.4, 0.5) is 8.78 Å². The average Bonchev–Trinajstić information content (AvgIpc) is 2.08. The summed E-state index contributed by atoms with van der Waals surface area (Å²) >= 11 is 0. The van der Waals surface area contributed by atoms with E-state index in [0.717, 1.165) is 0 Å². The number of alkyl halides is 2. The van der Waals surface area contributed by atoms with Crippen molar-refractivity contribution in [3.8, 4) is 0 Å². The second kappa shape index (κ2) is 4.22. The summed E-state index contributed by atoms with van der Waals surface area (Å²) in [5.41, 5.74) is 0. The van der Waals surface area contributed by atoms with Crippen molar-refractivity contribution in [2.45, 2.75) is 12.3 Å². The number of hydrogen-bond donors (Lipinski definition) is 0. The molecule has 1 fully saturated rings. The van der Waals surface area contributed by atoms with Gasteiger partial charge in [0.15, 0.2) is 0 Å².